The summed E-state index contributed by atoms with van der Waals surface area (Å²) in [7, 11) is 0. The molecule has 112 valence electrons. The van der Waals surface area contributed by atoms with Gasteiger partial charge in [-0.25, -0.2) is 9.37 Å². The molecule has 0 bridgehead atoms. The fraction of sp³-hybridized carbons (Fsp3) is 0.176. The normalized spacial score (nSPS) is 10.8. The van der Waals surface area contributed by atoms with Gasteiger partial charge in [-0.05, 0) is 18.2 Å². The highest BCUT2D eigenvalue weighted by Crippen LogP contribution is 2.28. The maximum absolute atomic E-state index is 13.7. The number of rotatable bonds is 6. The maximum Gasteiger partial charge on any atom is 0.131 e. The van der Waals surface area contributed by atoms with Crippen LogP contribution < -0.4 is 5.32 Å². The van der Waals surface area contributed by atoms with Gasteiger partial charge in [-0.15, -0.1) is 11.3 Å². The van der Waals surface area contributed by atoms with Gasteiger partial charge in [0.05, 0.1) is 4.88 Å². The van der Waals surface area contributed by atoms with E-state index < -0.39 is 0 Å². The van der Waals surface area contributed by atoms with Crippen molar-refractivity contribution in [3.8, 4) is 10.4 Å². The van der Waals surface area contributed by atoms with Crippen LogP contribution in [0.2, 0.25) is 0 Å². The number of nitrogens with zero attached hydrogens (tertiary/aromatic N) is 2. The maximum atomic E-state index is 13.7. The molecule has 1 N–H and O–H groups in total. The lowest BCUT2D eigenvalue weighted by Crippen LogP contribution is -2.16. The summed E-state index contributed by atoms with van der Waals surface area (Å²) < 4.78 is 13.7. The van der Waals surface area contributed by atoms with Crippen molar-refractivity contribution in [1.82, 2.24) is 15.3 Å². The molecule has 0 aliphatic heterocycles. The van der Waals surface area contributed by atoms with Crippen LogP contribution >= 0.6 is 11.3 Å². The lowest BCUT2D eigenvalue weighted by atomic mass is 10.2. The van der Waals surface area contributed by atoms with Crippen molar-refractivity contribution >= 4 is 11.3 Å². The fourth-order valence-corrected chi connectivity index (χ4v) is 3.05. The van der Waals surface area contributed by atoms with Gasteiger partial charge in [0.2, 0.25) is 0 Å². The van der Waals surface area contributed by atoms with Gasteiger partial charge < -0.3 is 5.32 Å². The van der Waals surface area contributed by atoms with Crippen molar-refractivity contribution in [2.75, 3.05) is 6.54 Å². The van der Waals surface area contributed by atoms with E-state index in [-0.39, 0.29) is 5.82 Å². The molecule has 5 heteroatoms. The summed E-state index contributed by atoms with van der Waals surface area (Å²) in [5.41, 5.74) is 1.68. The minimum absolute atomic E-state index is 0.208. The van der Waals surface area contributed by atoms with E-state index in [2.05, 4.69) is 15.3 Å². The SMILES string of the molecule is Fc1ccccc1-c1cnc(CNCCc2ccccn2)s1. The minimum atomic E-state index is -0.208. The molecule has 0 radical (unpaired) electrons. The van der Waals surface area contributed by atoms with Gasteiger partial charge in [0, 0.05) is 43.2 Å². The lowest BCUT2D eigenvalue weighted by Gasteiger charge is -2.02. The second kappa shape index (κ2) is 7.24. The van der Waals surface area contributed by atoms with Crippen LogP contribution in [0.25, 0.3) is 10.4 Å². The number of nitrogens with one attached hydrogen (secondary N) is 1. The van der Waals surface area contributed by atoms with Crippen LogP contribution in [0.4, 0.5) is 4.39 Å². The molecule has 0 saturated carbocycles. The van der Waals surface area contributed by atoms with Gasteiger partial charge in [-0.2, -0.15) is 0 Å². The molecular formula is C17H16FN3S. The number of aromatic nitrogens is 2. The zero-order valence-electron chi connectivity index (χ0n) is 12.0. The molecule has 22 heavy (non-hydrogen) atoms. The van der Waals surface area contributed by atoms with Gasteiger partial charge in [-0.3, -0.25) is 4.98 Å². The Morgan fingerprint density at radius 2 is 1.91 bits per heavy atom. The molecular weight excluding hydrogens is 297 g/mol. The van der Waals surface area contributed by atoms with Crippen molar-refractivity contribution in [3.63, 3.8) is 0 Å². The molecule has 3 rings (SSSR count). The summed E-state index contributed by atoms with van der Waals surface area (Å²) in [6.07, 6.45) is 4.42. The first kappa shape index (κ1) is 14.8. The first-order chi connectivity index (χ1) is 10.8. The van der Waals surface area contributed by atoms with E-state index in [1.165, 1.54) is 17.4 Å². The van der Waals surface area contributed by atoms with E-state index in [9.17, 15) is 4.39 Å². The van der Waals surface area contributed by atoms with E-state index in [1.807, 2.05) is 24.3 Å². The second-order valence-electron chi connectivity index (χ2n) is 4.85. The van der Waals surface area contributed by atoms with Crippen LogP contribution in [0.1, 0.15) is 10.7 Å². The number of hydrogen-bond donors (Lipinski definition) is 1. The Balaban J connectivity index is 1.53. The molecule has 0 spiro atoms. The third kappa shape index (κ3) is 3.75. The summed E-state index contributed by atoms with van der Waals surface area (Å²) in [5, 5.41) is 4.30. The van der Waals surface area contributed by atoms with Crippen molar-refractivity contribution < 1.29 is 4.39 Å². The molecule has 0 aliphatic carbocycles. The quantitative estimate of drug-likeness (QED) is 0.706. The molecule has 0 unspecified atom stereocenters. The summed E-state index contributed by atoms with van der Waals surface area (Å²) in [5.74, 6) is -0.208. The van der Waals surface area contributed by atoms with E-state index in [1.54, 1.807) is 24.5 Å². The zero-order valence-corrected chi connectivity index (χ0v) is 12.8. The van der Waals surface area contributed by atoms with Crippen LogP contribution in [0.5, 0.6) is 0 Å². The van der Waals surface area contributed by atoms with Crippen molar-refractivity contribution in [2.24, 2.45) is 0 Å². The van der Waals surface area contributed by atoms with Crippen LogP contribution in [0, 0.1) is 5.82 Å². The van der Waals surface area contributed by atoms with Crippen LogP contribution in [0.15, 0.2) is 54.9 Å². The topological polar surface area (TPSA) is 37.8 Å². The Morgan fingerprint density at radius 1 is 1.05 bits per heavy atom. The smallest absolute Gasteiger partial charge is 0.131 e. The molecule has 3 aromatic rings. The number of benzene rings is 1. The van der Waals surface area contributed by atoms with Gasteiger partial charge in [0.1, 0.15) is 10.8 Å². The average Bonchev–Trinajstić information content (AvgIpc) is 3.02. The Labute approximate surface area is 132 Å². The molecule has 2 heterocycles. The van der Waals surface area contributed by atoms with E-state index in [0.29, 0.717) is 12.1 Å². The van der Waals surface area contributed by atoms with E-state index >= 15 is 0 Å². The molecule has 0 aliphatic rings. The van der Waals surface area contributed by atoms with E-state index in [0.717, 1.165) is 28.5 Å². The minimum Gasteiger partial charge on any atom is -0.310 e. The Morgan fingerprint density at radius 3 is 2.73 bits per heavy atom. The molecule has 0 amide bonds. The highest BCUT2D eigenvalue weighted by atomic mass is 32.1. The summed E-state index contributed by atoms with van der Waals surface area (Å²) in [6, 6.07) is 12.7. The van der Waals surface area contributed by atoms with Crippen LogP contribution in [0.3, 0.4) is 0 Å². The standard InChI is InChI=1S/C17H16FN3S/c18-15-7-2-1-6-14(15)16-11-21-17(22-16)12-19-10-8-13-5-3-4-9-20-13/h1-7,9,11,19H,8,10,12H2. The van der Waals surface area contributed by atoms with Gasteiger partial charge in [0.15, 0.2) is 0 Å². The second-order valence-corrected chi connectivity index (χ2v) is 5.96. The summed E-state index contributed by atoms with van der Waals surface area (Å²) >= 11 is 1.52. The monoisotopic (exact) mass is 313 g/mol. The van der Waals surface area contributed by atoms with Crippen LogP contribution in [-0.4, -0.2) is 16.5 Å². The lowest BCUT2D eigenvalue weighted by molar-refractivity contribution is 0.631. The molecule has 1 aromatic carbocycles. The molecule has 2 aromatic heterocycles. The number of thiazole rings is 1. The van der Waals surface area contributed by atoms with Crippen molar-refractivity contribution in [3.05, 3.63) is 71.4 Å². The molecule has 0 atom stereocenters. The first-order valence-electron chi connectivity index (χ1n) is 7.13. The van der Waals surface area contributed by atoms with Crippen molar-refractivity contribution in [1.29, 1.82) is 0 Å². The number of halogens is 1. The third-order valence-corrected chi connectivity index (χ3v) is 4.28. The molecule has 0 fully saturated rings. The number of pyridine rings is 1. The predicted octanol–water partition coefficient (Wildman–Crippen LogP) is 3.68. The molecule has 0 saturated heterocycles. The Bertz CT molecular complexity index is 728. The van der Waals surface area contributed by atoms with Gasteiger partial charge in [-0.1, -0.05) is 24.3 Å². The largest absolute Gasteiger partial charge is 0.310 e. The highest BCUT2D eigenvalue weighted by molar-refractivity contribution is 7.15. The summed E-state index contributed by atoms with van der Waals surface area (Å²) in [4.78, 5) is 9.49. The average molecular weight is 313 g/mol. The predicted molar refractivity (Wildman–Crippen MR) is 87.2 cm³/mol. The van der Waals surface area contributed by atoms with Crippen LogP contribution in [-0.2, 0) is 13.0 Å². The third-order valence-electron chi connectivity index (χ3n) is 3.25. The summed E-state index contributed by atoms with van der Waals surface area (Å²) in [6.45, 7) is 1.53. The Hall–Kier alpha value is -2.11. The fourth-order valence-electron chi connectivity index (χ4n) is 2.14. The zero-order chi connectivity index (χ0) is 15.2. The Kier molecular flexibility index (Phi) is 4.88. The first-order valence-corrected chi connectivity index (χ1v) is 7.95. The van der Waals surface area contributed by atoms with Crippen molar-refractivity contribution in [2.45, 2.75) is 13.0 Å². The number of hydrogen-bond acceptors (Lipinski definition) is 4. The molecule has 3 nitrogen and oxygen atoms in total. The van der Waals surface area contributed by atoms with Gasteiger partial charge in [0.25, 0.3) is 0 Å². The van der Waals surface area contributed by atoms with E-state index in [4.69, 9.17) is 0 Å². The van der Waals surface area contributed by atoms with Gasteiger partial charge >= 0.3 is 0 Å². The highest BCUT2D eigenvalue weighted by Gasteiger charge is 2.08.